The van der Waals surface area contributed by atoms with Crippen molar-refractivity contribution >= 4 is 28.4 Å². The van der Waals surface area contributed by atoms with Gasteiger partial charge in [0.1, 0.15) is 17.0 Å². The van der Waals surface area contributed by atoms with Crippen LogP contribution in [0.1, 0.15) is 12.8 Å². The fourth-order valence-electron chi connectivity index (χ4n) is 1.11. The van der Waals surface area contributed by atoms with Crippen LogP contribution in [0.4, 0.5) is 0 Å². The summed E-state index contributed by atoms with van der Waals surface area (Å²) >= 11 is 3.29. The summed E-state index contributed by atoms with van der Waals surface area (Å²) in [5.41, 5.74) is 0. The highest BCUT2D eigenvalue weighted by Gasteiger charge is 2.26. The lowest BCUT2D eigenvalue weighted by atomic mass is 10.1. The van der Waals surface area contributed by atoms with Gasteiger partial charge in [0.2, 0.25) is 0 Å². The lowest BCUT2D eigenvalue weighted by Gasteiger charge is -2.16. The Morgan fingerprint density at radius 1 is 1.62 bits per heavy atom. The van der Waals surface area contributed by atoms with Crippen LogP contribution in [0.2, 0.25) is 0 Å². The molecule has 2 atom stereocenters. The van der Waals surface area contributed by atoms with E-state index in [1.165, 1.54) is 0 Å². The predicted molar refractivity (Wildman–Crippen MR) is 53.0 cm³/mol. The highest BCUT2D eigenvalue weighted by Crippen LogP contribution is 2.28. The van der Waals surface area contributed by atoms with E-state index in [1.807, 2.05) is 6.08 Å². The molecular formula is C9H10BrNO2. The highest BCUT2D eigenvalue weighted by atomic mass is 79.9. The van der Waals surface area contributed by atoms with E-state index in [9.17, 15) is 4.79 Å². The van der Waals surface area contributed by atoms with E-state index in [-0.39, 0.29) is 10.9 Å². The predicted octanol–water partition coefficient (Wildman–Crippen LogP) is 1.67. The molecule has 4 heteroatoms. The minimum absolute atomic E-state index is 0.128. The Labute approximate surface area is 85.0 Å². The van der Waals surface area contributed by atoms with E-state index >= 15 is 0 Å². The van der Waals surface area contributed by atoms with Crippen molar-refractivity contribution in [3.05, 3.63) is 11.8 Å². The first-order valence-electron chi connectivity index (χ1n) is 4.30. The van der Waals surface area contributed by atoms with Crippen molar-refractivity contribution in [3.63, 3.8) is 0 Å². The van der Waals surface area contributed by atoms with E-state index < -0.39 is 0 Å². The lowest BCUT2D eigenvalue weighted by Crippen LogP contribution is -2.17. The highest BCUT2D eigenvalue weighted by molar-refractivity contribution is 9.09. The smallest absolute Gasteiger partial charge is 0.134 e. The zero-order valence-electron chi connectivity index (χ0n) is 7.02. The number of aliphatic imine (C=N–C) groups is 1. The number of rotatable bonds is 3. The molecule has 2 unspecified atom stereocenters. The molecule has 0 amide bonds. The summed E-state index contributed by atoms with van der Waals surface area (Å²) in [6.45, 7) is 0. The Bertz CT molecular complexity index is 271. The average molecular weight is 244 g/mol. The van der Waals surface area contributed by atoms with E-state index in [4.69, 9.17) is 4.74 Å². The summed E-state index contributed by atoms with van der Waals surface area (Å²) in [4.78, 5) is 14.6. The van der Waals surface area contributed by atoms with E-state index in [2.05, 4.69) is 20.9 Å². The third kappa shape index (κ3) is 2.18. The van der Waals surface area contributed by atoms with Crippen molar-refractivity contribution < 1.29 is 9.53 Å². The summed E-state index contributed by atoms with van der Waals surface area (Å²) in [5.74, 6) is 0.536. The van der Waals surface area contributed by atoms with Gasteiger partial charge in [0.25, 0.3) is 0 Å². The van der Waals surface area contributed by atoms with Crippen molar-refractivity contribution in [2.24, 2.45) is 10.9 Å². The normalized spacial score (nSPS) is 32.5. The summed E-state index contributed by atoms with van der Waals surface area (Å²) in [5, 5.41) is 0. The van der Waals surface area contributed by atoms with Crippen LogP contribution < -0.4 is 0 Å². The second-order valence-electron chi connectivity index (χ2n) is 3.25. The number of halogens is 1. The summed E-state index contributed by atoms with van der Waals surface area (Å²) in [6.07, 6.45) is 6.97. The minimum Gasteiger partial charge on any atom is -0.489 e. The quantitative estimate of drug-likeness (QED) is 0.430. The van der Waals surface area contributed by atoms with Crippen LogP contribution in [0.25, 0.3) is 0 Å². The summed E-state index contributed by atoms with van der Waals surface area (Å²) < 4.78 is 5.51. The average Bonchev–Trinajstić information content (AvgIpc) is 2.92. The largest absolute Gasteiger partial charge is 0.489 e. The first-order valence-corrected chi connectivity index (χ1v) is 5.22. The molecule has 0 N–H and O–H groups in total. The molecule has 1 saturated carbocycles. The molecule has 0 radical (unpaired) electrons. The topological polar surface area (TPSA) is 38.7 Å². The maximum absolute atomic E-state index is 10.6. The van der Waals surface area contributed by atoms with Crippen LogP contribution in [-0.2, 0) is 9.53 Å². The van der Waals surface area contributed by atoms with Crippen molar-refractivity contribution in [1.29, 1.82) is 0 Å². The van der Waals surface area contributed by atoms with Gasteiger partial charge in [0.15, 0.2) is 0 Å². The number of ether oxygens (including phenoxy) is 1. The first kappa shape index (κ1) is 8.94. The number of nitrogens with zero attached hydrogens (tertiary/aromatic N) is 1. The monoisotopic (exact) mass is 243 g/mol. The van der Waals surface area contributed by atoms with Gasteiger partial charge < -0.3 is 9.53 Å². The molecule has 3 nitrogen and oxygen atoms in total. The molecule has 0 aromatic rings. The number of aldehydes is 1. The van der Waals surface area contributed by atoms with Gasteiger partial charge in [-0.3, -0.25) is 4.99 Å². The number of dihydropyridines is 1. The Kier molecular flexibility index (Phi) is 2.49. The Morgan fingerprint density at radius 2 is 2.38 bits per heavy atom. The second-order valence-corrected chi connectivity index (χ2v) is 4.19. The fraction of sp³-hybridized carbons (Fsp3) is 0.556. The Morgan fingerprint density at radius 3 is 3.00 bits per heavy atom. The van der Waals surface area contributed by atoms with Crippen LogP contribution in [0.5, 0.6) is 0 Å². The molecule has 2 aliphatic rings. The molecule has 1 heterocycles. The van der Waals surface area contributed by atoms with Gasteiger partial charge in [-0.2, -0.15) is 0 Å². The zero-order chi connectivity index (χ0) is 9.26. The van der Waals surface area contributed by atoms with Crippen LogP contribution >= 0.6 is 15.9 Å². The number of carbonyl (C=O) groups is 1. The number of alkyl halides is 1. The molecule has 13 heavy (non-hydrogen) atoms. The van der Waals surface area contributed by atoms with E-state index in [0.717, 1.165) is 24.9 Å². The number of hydrogen-bond acceptors (Lipinski definition) is 3. The van der Waals surface area contributed by atoms with Crippen LogP contribution in [0.15, 0.2) is 16.8 Å². The van der Waals surface area contributed by atoms with Crippen LogP contribution in [-0.4, -0.2) is 23.6 Å². The second kappa shape index (κ2) is 3.62. The molecule has 0 aromatic carbocycles. The van der Waals surface area contributed by atoms with Crippen molar-refractivity contribution in [1.82, 2.24) is 0 Å². The third-order valence-corrected chi connectivity index (χ3v) is 2.85. The fourth-order valence-corrected chi connectivity index (χ4v) is 1.50. The molecule has 0 aromatic heterocycles. The molecule has 0 bridgehead atoms. The summed E-state index contributed by atoms with van der Waals surface area (Å²) in [6, 6.07) is 0. The summed E-state index contributed by atoms with van der Waals surface area (Å²) in [7, 11) is 0. The molecule has 0 spiro atoms. The first-order chi connectivity index (χ1) is 6.29. The number of hydrogen-bond donors (Lipinski definition) is 0. The van der Waals surface area contributed by atoms with Crippen molar-refractivity contribution in [3.8, 4) is 0 Å². The Hall–Kier alpha value is -0.640. The molecular weight excluding hydrogens is 234 g/mol. The maximum Gasteiger partial charge on any atom is 0.134 e. The Balaban J connectivity index is 2.01. The van der Waals surface area contributed by atoms with Gasteiger partial charge >= 0.3 is 0 Å². The van der Waals surface area contributed by atoms with Gasteiger partial charge in [-0.1, -0.05) is 15.9 Å². The standard InChI is InChI=1S/C9H10BrNO2/c10-9-6(5-12)3-8(4-11-9)13-7-1-2-7/h3-7,9H,1-2H2. The molecule has 0 saturated heterocycles. The molecule has 1 aliphatic heterocycles. The molecule has 1 fully saturated rings. The SMILES string of the molecule is O=CC1C=C(OC2CC2)C=NC1Br. The van der Waals surface area contributed by atoms with E-state index in [0.29, 0.717) is 6.10 Å². The number of allylic oxidation sites excluding steroid dienone is 1. The van der Waals surface area contributed by atoms with E-state index in [1.54, 1.807) is 6.21 Å². The van der Waals surface area contributed by atoms with Gasteiger partial charge in [-0.15, -0.1) is 0 Å². The number of carbonyl (C=O) groups excluding carboxylic acids is 1. The third-order valence-electron chi connectivity index (χ3n) is 2.00. The molecule has 2 rings (SSSR count). The van der Waals surface area contributed by atoms with Gasteiger partial charge in [0, 0.05) is 0 Å². The zero-order valence-corrected chi connectivity index (χ0v) is 8.61. The molecule has 70 valence electrons. The minimum atomic E-state index is -0.196. The van der Waals surface area contributed by atoms with Gasteiger partial charge in [0.05, 0.1) is 18.2 Å². The van der Waals surface area contributed by atoms with Crippen LogP contribution in [0, 0.1) is 5.92 Å². The van der Waals surface area contributed by atoms with Crippen LogP contribution in [0.3, 0.4) is 0 Å². The van der Waals surface area contributed by atoms with Gasteiger partial charge in [-0.25, -0.2) is 0 Å². The van der Waals surface area contributed by atoms with Crippen molar-refractivity contribution in [2.45, 2.75) is 23.9 Å². The van der Waals surface area contributed by atoms with Gasteiger partial charge in [-0.05, 0) is 18.9 Å². The van der Waals surface area contributed by atoms with Crippen molar-refractivity contribution in [2.75, 3.05) is 0 Å². The maximum atomic E-state index is 10.6. The molecule has 1 aliphatic carbocycles. The lowest BCUT2D eigenvalue weighted by molar-refractivity contribution is -0.109.